The molecule has 2 aromatic heterocycles. The zero-order valence-corrected chi connectivity index (χ0v) is 18.2. The maximum absolute atomic E-state index is 13.6. The number of para-hydroxylation sites is 1. The van der Waals surface area contributed by atoms with E-state index in [0.29, 0.717) is 5.82 Å². The quantitative estimate of drug-likeness (QED) is 0.328. The highest BCUT2D eigenvalue weighted by atomic mass is 31.2. The van der Waals surface area contributed by atoms with Gasteiger partial charge in [-0.05, 0) is 6.07 Å². The molecule has 1 atom stereocenters. The lowest BCUT2D eigenvalue weighted by Crippen LogP contribution is -2.16. The lowest BCUT2D eigenvalue weighted by Gasteiger charge is -2.26. The molecular weight excluding hydrogens is 453 g/mol. The van der Waals surface area contributed by atoms with Gasteiger partial charge < -0.3 is 33.2 Å². The number of hydrogen-bond donors (Lipinski definition) is 2. The van der Waals surface area contributed by atoms with Gasteiger partial charge in [-0.15, -0.1) is 0 Å². The molecule has 0 spiro atoms. The second-order valence-corrected chi connectivity index (χ2v) is 8.69. The molecule has 2 aliphatic heterocycles. The van der Waals surface area contributed by atoms with Crippen LogP contribution >= 0.6 is 7.82 Å². The Morgan fingerprint density at radius 2 is 1.85 bits per heavy atom. The number of nitrogens with zero attached hydrogens (tertiary/aromatic N) is 1. The van der Waals surface area contributed by atoms with Gasteiger partial charge in [0.1, 0.15) is 17.1 Å². The first-order valence-electron chi connectivity index (χ1n) is 9.77. The van der Waals surface area contributed by atoms with Crippen molar-refractivity contribution in [1.29, 1.82) is 0 Å². The fraction of sp³-hybridized carbons (Fsp3) is 0.143. The van der Waals surface area contributed by atoms with Crippen LogP contribution < -0.4 is 23.3 Å². The minimum Gasteiger partial charge on any atom is -0.490 e. The number of H-pyrrole nitrogens is 2. The highest BCUT2D eigenvalue weighted by Gasteiger charge is 2.48. The Bertz CT molecular complexity index is 1490. The number of fused-ring (bicyclic) bond motifs is 3. The molecule has 0 saturated heterocycles. The van der Waals surface area contributed by atoms with E-state index in [1.807, 2.05) is 30.5 Å². The summed E-state index contributed by atoms with van der Waals surface area (Å²) in [6.07, 6.45) is 3.21. The summed E-state index contributed by atoms with van der Waals surface area (Å²) in [6.45, 7) is -0.427. The van der Waals surface area contributed by atoms with E-state index in [0.717, 1.165) is 16.5 Å². The monoisotopic (exact) mass is 469 g/mol. The van der Waals surface area contributed by atoms with Gasteiger partial charge in [0.15, 0.2) is 11.5 Å². The third-order valence-electron chi connectivity index (χ3n) is 5.40. The van der Waals surface area contributed by atoms with E-state index in [2.05, 4.69) is 15.0 Å². The van der Waals surface area contributed by atoms with Crippen molar-refractivity contribution in [1.82, 2.24) is 15.0 Å². The van der Waals surface area contributed by atoms with Gasteiger partial charge in [0.2, 0.25) is 29.8 Å². The first-order chi connectivity index (χ1) is 16.0. The van der Waals surface area contributed by atoms with Crippen molar-refractivity contribution in [2.75, 3.05) is 21.0 Å². The second-order valence-electron chi connectivity index (χ2n) is 7.17. The summed E-state index contributed by atoms with van der Waals surface area (Å²) in [5.74, 6) is -0.0845. The molecule has 4 aromatic rings. The summed E-state index contributed by atoms with van der Waals surface area (Å²) in [5, 5.41) is 0.950. The number of phosphoric ester groups is 1. The Labute approximate surface area is 186 Å². The van der Waals surface area contributed by atoms with Gasteiger partial charge in [-0.25, -0.2) is 14.1 Å². The molecule has 0 radical (unpaired) electrons. The predicted molar refractivity (Wildman–Crippen MR) is 114 cm³/mol. The summed E-state index contributed by atoms with van der Waals surface area (Å²) in [7, 11) is -1.31. The normalized spacial score (nSPS) is 18.2. The van der Waals surface area contributed by atoms with E-state index in [4.69, 9.17) is 27.8 Å². The molecule has 168 valence electrons. The molecular formula is C21H16N3O8P. The maximum Gasteiger partial charge on any atom is 0.590 e. The largest absolute Gasteiger partial charge is 0.590 e. The first-order valence-corrected chi connectivity index (χ1v) is 11.2. The molecule has 2 aliphatic rings. The van der Waals surface area contributed by atoms with Crippen LogP contribution in [0.2, 0.25) is 0 Å². The van der Waals surface area contributed by atoms with E-state index >= 15 is 0 Å². The topological polar surface area (TPSA) is 134 Å². The van der Waals surface area contributed by atoms with Gasteiger partial charge in [-0.3, -0.25) is 4.79 Å². The number of ether oxygens (including phenoxy) is 3. The molecule has 2 aromatic carbocycles. The minimum atomic E-state index is -4.06. The van der Waals surface area contributed by atoms with Crippen molar-refractivity contribution < 1.29 is 37.1 Å². The fourth-order valence-electron chi connectivity index (χ4n) is 3.94. The molecule has 0 saturated carbocycles. The van der Waals surface area contributed by atoms with Crippen molar-refractivity contribution in [2.45, 2.75) is 0 Å². The number of benzene rings is 2. The van der Waals surface area contributed by atoms with Crippen LogP contribution in [0.15, 0.2) is 36.7 Å². The molecule has 0 fully saturated rings. The molecule has 12 heteroatoms. The summed E-state index contributed by atoms with van der Waals surface area (Å²) in [6, 6.07) is 7.74. The number of nitrogens with one attached hydrogen (secondary N) is 2. The summed E-state index contributed by atoms with van der Waals surface area (Å²) in [4.78, 5) is 24.2. The summed E-state index contributed by atoms with van der Waals surface area (Å²) >= 11 is 0. The Balaban J connectivity index is 1.50. The van der Waals surface area contributed by atoms with Gasteiger partial charge in [0, 0.05) is 22.7 Å². The van der Waals surface area contributed by atoms with Crippen LogP contribution in [0.4, 0.5) is 0 Å². The molecule has 11 nitrogen and oxygen atoms in total. The number of rotatable bonds is 5. The first kappa shape index (κ1) is 19.7. The number of ketones is 1. The van der Waals surface area contributed by atoms with Crippen LogP contribution in [0.1, 0.15) is 16.1 Å². The number of aromatic nitrogens is 3. The smallest absolute Gasteiger partial charge is 0.490 e. The SMILES string of the molecule is COc1c(OC)c2c(C(=O)c3cnc(-c4c[nH]c5ccccc45)[nH]3)c3c1OCOP(=O)(O2)O3. The van der Waals surface area contributed by atoms with Crippen molar-refractivity contribution in [3.63, 3.8) is 0 Å². The second kappa shape index (κ2) is 7.03. The van der Waals surface area contributed by atoms with Gasteiger partial charge >= 0.3 is 7.82 Å². The van der Waals surface area contributed by atoms with Gasteiger partial charge in [0.25, 0.3) is 0 Å². The number of phosphoric acid groups is 1. The molecule has 0 aliphatic carbocycles. The van der Waals surface area contributed by atoms with Crippen molar-refractivity contribution in [3.05, 3.63) is 47.9 Å². The van der Waals surface area contributed by atoms with E-state index < -0.39 is 20.4 Å². The molecule has 6 rings (SSSR count). The van der Waals surface area contributed by atoms with E-state index in [-0.39, 0.29) is 40.0 Å². The maximum atomic E-state index is 13.6. The zero-order chi connectivity index (χ0) is 22.7. The lowest BCUT2D eigenvalue weighted by atomic mass is 10.0. The highest BCUT2D eigenvalue weighted by molar-refractivity contribution is 7.49. The molecule has 4 heterocycles. The van der Waals surface area contributed by atoms with E-state index in [1.165, 1.54) is 20.4 Å². The minimum absolute atomic E-state index is 0.0267. The molecule has 33 heavy (non-hydrogen) atoms. The zero-order valence-electron chi connectivity index (χ0n) is 17.3. The van der Waals surface area contributed by atoms with Crippen molar-refractivity contribution in [2.24, 2.45) is 0 Å². The third kappa shape index (κ3) is 2.83. The number of carbonyl (C=O) groups excluding carboxylic acids is 1. The van der Waals surface area contributed by atoms with Crippen LogP contribution in [0.5, 0.6) is 28.7 Å². The van der Waals surface area contributed by atoms with Crippen molar-refractivity contribution in [3.8, 4) is 40.1 Å². The van der Waals surface area contributed by atoms with Crippen LogP contribution in [0.3, 0.4) is 0 Å². The molecule has 0 amide bonds. The van der Waals surface area contributed by atoms with Crippen LogP contribution in [0.25, 0.3) is 22.3 Å². The Kier molecular flexibility index (Phi) is 4.20. The predicted octanol–water partition coefficient (Wildman–Crippen LogP) is 4.05. The molecule has 3 bridgehead atoms. The highest BCUT2D eigenvalue weighted by Crippen LogP contribution is 2.67. The van der Waals surface area contributed by atoms with E-state index in [9.17, 15) is 9.36 Å². The van der Waals surface area contributed by atoms with Crippen LogP contribution in [0, 0.1) is 0 Å². The van der Waals surface area contributed by atoms with E-state index in [1.54, 1.807) is 0 Å². The number of hydrogen-bond acceptors (Lipinski definition) is 9. The van der Waals surface area contributed by atoms with Crippen LogP contribution in [-0.2, 0) is 9.09 Å². The Hall–Kier alpha value is -3.95. The van der Waals surface area contributed by atoms with Crippen LogP contribution in [-0.4, -0.2) is 41.7 Å². The fourth-order valence-corrected chi connectivity index (χ4v) is 5.06. The average Bonchev–Trinajstić information content (AvgIpc) is 3.44. The van der Waals surface area contributed by atoms with Gasteiger partial charge in [0.05, 0.1) is 20.4 Å². The third-order valence-corrected chi connectivity index (χ3v) is 6.63. The summed E-state index contributed by atoms with van der Waals surface area (Å²) in [5.41, 5.74) is 1.85. The molecule has 2 N–H and O–H groups in total. The van der Waals surface area contributed by atoms with Crippen molar-refractivity contribution >= 4 is 24.5 Å². The lowest BCUT2D eigenvalue weighted by molar-refractivity contribution is 0.100. The standard InChI is InChI=1S/C21H16N3O8P/c1-27-18-16-14(17-20(19(18)28-2)29-9-30-33(26,31-16)32-17)15(25)13-8-23-21(24-13)11-7-22-12-6-4-3-5-10(11)12/h3-8,22H,9H2,1-2H3,(H,23,24). The average molecular weight is 469 g/mol. The van der Waals surface area contributed by atoms with Gasteiger partial charge in [-0.2, -0.15) is 0 Å². The number of methoxy groups -OCH3 is 2. The number of imidazole rings is 1. The Morgan fingerprint density at radius 1 is 1.09 bits per heavy atom. The summed E-state index contributed by atoms with van der Waals surface area (Å²) < 4.78 is 45.2. The number of carbonyl (C=O) groups is 1. The number of aromatic amines is 2. The molecule has 1 unspecified atom stereocenters. The Morgan fingerprint density at radius 3 is 2.67 bits per heavy atom. The van der Waals surface area contributed by atoms with Gasteiger partial charge in [-0.1, -0.05) is 18.2 Å².